The summed E-state index contributed by atoms with van der Waals surface area (Å²) < 4.78 is 12.2. The lowest BCUT2D eigenvalue weighted by atomic mass is 9.94. The fourth-order valence-electron chi connectivity index (χ4n) is 3.58. The van der Waals surface area contributed by atoms with Gasteiger partial charge in [-0.25, -0.2) is 0 Å². The molecular formula is C18H27NO2. The lowest BCUT2D eigenvalue weighted by Crippen LogP contribution is -2.50. The van der Waals surface area contributed by atoms with Crippen molar-refractivity contribution in [3.63, 3.8) is 0 Å². The highest BCUT2D eigenvalue weighted by atomic mass is 16.5. The summed E-state index contributed by atoms with van der Waals surface area (Å²) in [5.74, 6) is 0. The van der Waals surface area contributed by atoms with Crippen molar-refractivity contribution in [3.05, 3.63) is 35.4 Å². The number of hydrogen-bond acceptors (Lipinski definition) is 3. The van der Waals surface area contributed by atoms with Crippen molar-refractivity contribution < 1.29 is 9.47 Å². The molecule has 0 amide bonds. The molecular weight excluding hydrogens is 262 g/mol. The van der Waals surface area contributed by atoms with E-state index in [-0.39, 0.29) is 6.10 Å². The van der Waals surface area contributed by atoms with Crippen LogP contribution in [0.5, 0.6) is 0 Å². The molecule has 1 aromatic carbocycles. The Kier molecular flexibility index (Phi) is 4.94. The zero-order valence-electron chi connectivity index (χ0n) is 13.2. The van der Waals surface area contributed by atoms with E-state index in [1.165, 1.54) is 17.5 Å². The lowest BCUT2D eigenvalue weighted by Gasteiger charge is -2.37. The van der Waals surface area contributed by atoms with Gasteiger partial charge in [-0.3, -0.25) is 0 Å². The predicted octanol–water partition coefficient (Wildman–Crippen LogP) is 3.24. The molecule has 0 radical (unpaired) electrons. The Balaban J connectivity index is 1.60. The van der Waals surface area contributed by atoms with Crippen LogP contribution in [0.3, 0.4) is 0 Å². The van der Waals surface area contributed by atoms with Gasteiger partial charge >= 0.3 is 0 Å². The molecule has 1 N–H and O–H groups in total. The molecule has 2 aliphatic rings. The van der Waals surface area contributed by atoms with Gasteiger partial charge in [-0.15, -0.1) is 0 Å². The van der Waals surface area contributed by atoms with E-state index in [0.29, 0.717) is 24.8 Å². The summed E-state index contributed by atoms with van der Waals surface area (Å²) in [6.07, 6.45) is 4.92. The summed E-state index contributed by atoms with van der Waals surface area (Å²) in [4.78, 5) is 0. The molecule has 1 aromatic rings. The van der Waals surface area contributed by atoms with Crippen LogP contribution in [0.2, 0.25) is 0 Å². The summed E-state index contributed by atoms with van der Waals surface area (Å²) in [7, 11) is 0. The van der Waals surface area contributed by atoms with Crippen molar-refractivity contribution in [2.24, 2.45) is 0 Å². The molecule has 0 saturated carbocycles. The molecule has 3 heteroatoms. The average molecular weight is 289 g/mol. The Morgan fingerprint density at radius 2 is 2.14 bits per heavy atom. The van der Waals surface area contributed by atoms with E-state index in [2.05, 4.69) is 43.4 Å². The van der Waals surface area contributed by atoms with Crippen LogP contribution in [-0.2, 0) is 15.9 Å². The minimum Gasteiger partial charge on any atom is -0.374 e. The van der Waals surface area contributed by atoms with E-state index in [9.17, 15) is 0 Å². The Labute approximate surface area is 128 Å². The van der Waals surface area contributed by atoms with Crippen molar-refractivity contribution in [1.29, 1.82) is 0 Å². The van der Waals surface area contributed by atoms with Crippen LogP contribution in [0.4, 0.5) is 0 Å². The second-order valence-corrected chi connectivity index (χ2v) is 6.34. The molecule has 0 spiro atoms. The fourth-order valence-corrected chi connectivity index (χ4v) is 3.58. The number of hydrogen-bond donors (Lipinski definition) is 1. The van der Waals surface area contributed by atoms with Crippen LogP contribution in [0.15, 0.2) is 24.3 Å². The third-order valence-corrected chi connectivity index (χ3v) is 4.83. The summed E-state index contributed by atoms with van der Waals surface area (Å²) in [6, 6.07) is 9.69. The third-order valence-electron chi connectivity index (χ3n) is 4.83. The van der Waals surface area contributed by atoms with Crippen molar-refractivity contribution in [3.8, 4) is 0 Å². The van der Waals surface area contributed by atoms with Gasteiger partial charge < -0.3 is 14.8 Å². The zero-order chi connectivity index (χ0) is 14.7. The molecule has 2 aliphatic heterocycles. The molecule has 4 unspecified atom stereocenters. The maximum atomic E-state index is 6.24. The molecule has 3 rings (SSSR count). The smallest absolute Gasteiger partial charge is 0.106 e. The zero-order valence-corrected chi connectivity index (χ0v) is 13.2. The van der Waals surface area contributed by atoms with Crippen molar-refractivity contribution >= 4 is 0 Å². The van der Waals surface area contributed by atoms with E-state index in [0.717, 1.165) is 25.9 Å². The number of fused-ring (bicyclic) bond motifs is 1. The average Bonchev–Trinajstić information content (AvgIpc) is 2.53. The number of benzene rings is 1. The maximum absolute atomic E-state index is 6.24. The van der Waals surface area contributed by atoms with Gasteiger partial charge in [-0.2, -0.15) is 0 Å². The summed E-state index contributed by atoms with van der Waals surface area (Å²) in [6.45, 7) is 5.98. The van der Waals surface area contributed by atoms with Crippen LogP contribution < -0.4 is 5.32 Å². The Morgan fingerprint density at radius 3 is 3.00 bits per heavy atom. The third kappa shape index (κ3) is 3.47. The molecule has 4 atom stereocenters. The summed E-state index contributed by atoms with van der Waals surface area (Å²) in [5.41, 5.74) is 2.73. The maximum Gasteiger partial charge on any atom is 0.106 e. The highest BCUT2D eigenvalue weighted by molar-refractivity contribution is 5.30. The molecule has 2 heterocycles. The van der Waals surface area contributed by atoms with Gasteiger partial charge in [-0.1, -0.05) is 31.2 Å². The van der Waals surface area contributed by atoms with Gasteiger partial charge in [-0.05, 0) is 43.7 Å². The quantitative estimate of drug-likeness (QED) is 0.923. The molecule has 21 heavy (non-hydrogen) atoms. The Bertz CT molecular complexity index is 462. The first-order chi connectivity index (χ1) is 10.3. The molecule has 116 valence electrons. The first kappa shape index (κ1) is 15.0. The highest BCUT2D eigenvalue weighted by Crippen LogP contribution is 2.28. The molecule has 3 nitrogen and oxygen atoms in total. The number of ether oxygens (including phenoxy) is 2. The molecule has 0 bridgehead atoms. The van der Waals surface area contributed by atoms with Crippen LogP contribution in [0, 0.1) is 0 Å². The van der Waals surface area contributed by atoms with Crippen molar-refractivity contribution in [2.45, 2.75) is 63.8 Å². The van der Waals surface area contributed by atoms with Crippen LogP contribution in [0.1, 0.15) is 50.3 Å². The van der Waals surface area contributed by atoms with Gasteiger partial charge in [0, 0.05) is 12.1 Å². The topological polar surface area (TPSA) is 30.5 Å². The second-order valence-electron chi connectivity index (χ2n) is 6.34. The molecule has 1 fully saturated rings. The van der Waals surface area contributed by atoms with Crippen LogP contribution in [0.25, 0.3) is 0 Å². The fraction of sp³-hybridized carbons (Fsp3) is 0.667. The highest BCUT2D eigenvalue weighted by Gasteiger charge is 2.29. The first-order valence-electron chi connectivity index (χ1n) is 8.35. The number of nitrogens with one attached hydrogen (secondary N) is 1. The van der Waals surface area contributed by atoms with E-state index < -0.39 is 0 Å². The minimum absolute atomic E-state index is 0.104. The SMILES string of the molecule is CCC1NC(C)CCC1OCC1OCCc2ccccc21. The standard InChI is InChI=1S/C18H27NO2/c1-3-16-17(9-8-13(2)19-16)21-12-18-15-7-5-4-6-14(15)10-11-20-18/h4-7,13,16-19H,3,8-12H2,1-2H3. The van der Waals surface area contributed by atoms with Gasteiger partial charge in [0.05, 0.1) is 19.3 Å². The number of piperidine rings is 1. The van der Waals surface area contributed by atoms with E-state index >= 15 is 0 Å². The minimum atomic E-state index is 0.104. The van der Waals surface area contributed by atoms with Gasteiger partial charge in [0.25, 0.3) is 0 Å². The predicted molar refractivity (Wildman–Crippen MR) is 84.5 cm³/mol. The van der Waals surface area contributed by atoms with Crippen LogP contribution in [-0.4, -0.2) is 31.4 Å². The van der Waals surface area contributed by atoms with Crippen molar-refractivity contribution in [2.75, 3.05) is 13.2 Å². The molecule has 1 saturated heterocycles. The summed E-state index contributed by atoms with van der Waals surface area (Å²) >= 11 is 0. The van der Waals surface area contributed by atoms with Crippen molar-refractivity contribution in [1.82, 2.24) is 5.32 Å². The van der Waals surface area contributed by atoms with E-state index in [1.54, 1.807) is 0 Å². The monoisotopic (exact) mass is 289 g/mol. The van der Waals surface area contributed by atoms with Crippen LogP contribution >= 0.6 is 0 Å². The Hall–Kier alpha value is -0.900. The lowest BCUT2D eigenvalue weighted by molar-refractivity contribution is -0.0710. The second kappa shape index (κ2) is 6.91. The summed E-state index contributed by atoms with van der Waals surface area (Å²) in [5, 5.41) is 3.66. The molecule has 0 aliphatic carbocycles. The van der Waals surface area contributed by atoms with E-state index in [4.69, 9.17) is 9.47 Å². The first-order valence-corrected chi connectivity index (χ1v) is 8.35. The van der Waals surface area contributed by atoms with Gasteiger partial charge in [0.2, 0.25) is 0 Å². The molecule has 0 aromatic heterocycles. The Morgan fingerprint density at radius 1 is 1.29 bits per heavy atom. The normalized spacial score (nSPS) is 32.7. The van der Waals surface area contributed by atoms with Gasteiger partial charge in [0.1, 0.15) is 6.10 Å². The largest absolute Gasteiger partial charge is 0.374 e. The van der Waals surface area contributed by atoms with Gasteiger partial charge in [0.15, 0.2) is 0 Å². The van der Waals surface area contributed by atoms with E-state index in [1.807, 2.05) is 0 Å². The number of rotatable bonds is 4.